The number of aryl methyl sites for hydroxylation is 2. The third-order valence-corrected chi connectivity index (χ3v) is 5.46. The Morgan fingerprint density at radius 3 is 2.77 bits per heavy atom. The molecular formula is C21H23N5O4. The molecule has 3 amide bonds. The number of nitrogens with zero attached hydrogens (tertiary/aromatic N) is 3. The Labute approximate surface area is 172 Å². The molecule has 1 aromatic carbocycles. The first-order valence-corrected chi connectivity index (χ1v) is 9.79. The number of para-hydroxylation sites is 1. The minimum absolute atomic E-state index is 0.177. The Bertz CT molecular complexity index is 1130. The van der Waals surface area contributed by atoms with Crippen molar-refractivity contribution in [3.63, 3.8) is 0 Å². The number of nitrogens with one attached hydrogen (secondary N) is 1. The number of hydrogen-bond donors (Lipinski definition) is 2. The lowest BCUT2D eigenvalue weighted by atomic mass is 10.1. The molecule has 1 aliphatic heterocycles. The second-order valence-corrected chi connectivity index (χ2v) is 7.43. The Morgan fingerprint density at radius 1 is 1.30 bits per heavy atom. The van der Waals surface area contributed by atoms with Crippen molar-refractivity contribution < 1.29 is 18.8 Å². The molecule has 1 aliphatic rings. The van der Waals surface area contributed by atoms with E-state index >= 15 is 0 Å². The van der Waals surface area contributed by atoms with E-state index in [4.69, 9.17) is 10.2 Å². The minimum Gasteiger partial charge on any atom is -0.463 e. The average molecular weight is 409 g/mol. The van der Waals surface area contributed by atoms with Gasteiger partial charge in [0.1, 0.15) is 23.6 Å². The van der Waals surface area contributed by atoms with Gasteiger partial charge in [0.25, 0.3) is 11.8 Å². The highest BCUT2D eigenvalue weighted by Crippen LogP contribution is 2.26. The molecule has 4 rings (SSSR count). The zero-order valence-electron chi connectivity index (χ0n) is 16.8. The number of nitrogens with two attached hydrogens (primary N) is 1. The normalized spacial score (nSPS) is 18.7. The maximum absolute atomic E-state index is 13.2. The first-order valence-electron chi connectivity index (χ1n) is 9.79. The Hall–Kier alpha value is -3.62. The molecule has 0 unspecified atom stereocenters. The molecule has 1 fully saturated rings. The van der Waals surface area contributed by atoms with Crippen LogP contribution in [0.25, 0.3) is 11.0 Å². The van der Waals surface area contributed by atoms with E-state index in [1.807, 2.05) is 19.1 Å². The highest BCUT2D eigenvalue weighted by molar-refractivity contribution is 6.07. The van der Waals surface area contributed by atoms with Crippen LogP contribution in [0.5, 0.6) is 0 Å². The van der Waals surface area contributed by atoms with E-state index in [9.17, 15) is 14.4 Å². The smallest absolute Gasteiger partial charge is 0.269 e. The summed E-state index contributed by atoms with van der Waals surface area (Å²) in [6.45, 7) is 2.14. The molecule has 2 aromatic heterocycles. The fourth-order valence-electron chi connectivity index (χ4n) is 3.90. The number of aromatic nitrogens is 2. The van der Waals surface area contributed by atoms with Gasteiger partial charge in [-0.25, -0.2) is 0 Å². The second-order valence-electron chi connectivity index (χ2n) is 7.43. The van der Waals surface area contributed by atoms with Gasteiger partial charge in [0.2, 0.25) is 5.91 Å². The maximum atomic E-state index is 13.2. The number of benzene rings is 1. The Kier molecular flexibility index (Phi) is 5.03. The van der Waals surface area contributed by atoms with Crippen LogP contribution in [-0.2, 0) is 18.3 Å². The summed E-state index contributed by atoms with van der Waals surface area (Å²) in [6, 6.07) is 7.70. The van der Waals surface area contributed by atoms with E-state index in [2.05, 4.69) is 10.4 Å². The topological polar surface area (TPSA) is 123 Å². The first-order chi connectivity index (χ1) is 14.4. The summed E-state index contributed by atoms with van der Waals surface area (Å²) in [6.07, 6.45) is 2.36. The molecule has 3 N–H and O–H groups in total. The molecule has 0 aliphatic carbocycles. The molecule has 3 aromatic rings. The minimum atomic E-state index is -0.811. The lowest BCUT2D eigenvalue weighted by molar-refractivity contribution is -0.121. The quantitative estimate of drug-likeness (QED) is 0.656. The van der Waals surface area contributed by atoms with Gasteiger partial charge in [0.15, 0.2) is 0 Å². The van der Waals surface area contributed by atoms with Crippen molar-refractivity contribution in [2.75, 3.05) is 6.54 Å². The monoisotopic (exact) mass is 409 g/mol. The lowest BCUT2D eigenvalue weighted by Gasteiger charge is -2.21. The van der Waals surface area contributed by atoms with Crippen molar-refractivity contribution >= 4 is 28.7 Å². The van der Waals surface area contributed by atoms with Crippen LogP contribution in [0.4, 0.5) is 0 Å². The molecule has 0 bridgehead atoms. The average Bonchev–Trinajstić information content (AvgIpc) is 3.43. The largest absolute Gasteiger partial charge is 0.463 e. The number of carbonyl (C=O) groups excluding carboxylic acids is 3. The van der Waals surface area contributed by atoms with E-state index in [-0.39, 0.29) is 24.8 Å². The Balaban J connectivity index is 1.54. The fraction of sp³-hybridized carbons (Fsp3) is 0.333. The molecular weight excluding hydrogens is 386 g/mol. The van der Waals surface area contributed by atoms with Gasteiger partial charge in [-0.05, 0) is 25.0 Å². The number of carbonyl (C=O) groups is 3. The number of primary amides is 1. The molecule has 9 heteroatoms. The van der Waals surface area contributed by atoms with Crippen LogP contribution in [-0.4, -0.2) is 51.0 Å². The van der Waals surface area contributed by atoms with Gasteiger partial charge >= 0.3 is 0 Å². The molecule has 156 valence electrons. The summed E-state index contributed by atoms with van der Waals surface area (Å²) in [7, 11) is 1.70. The van der Waals surface area contributed by atoms with Gasteiger partial charge in [0.05, 0.1) is 11.3 Å². The van der Waals surface area contributed by atoms with Gasteiger partial charge in [-0.3, -0.25) is 19.1 Å². The van der Waals surface area contributed by atoms with Crippen LogP contribution >= 0.6 is 0 Å². The number of rotatable bonds is 5. The molecule has 0 saturated carbocycles. The van der Waals surface area contributed by atoms with Crippen molar-refractivity contribution in [3.05, 3.63) is 53.5 Å². The Morgan fingerprint density at radius 2 is 2.07 bits per heavy atom. The third-order valence-electron chi connectivity index (χ3n) is 5.46. The summed E-state index contributed by atoms with van der Waals surface area (Å²) in [4.78, 5) is 39.3. The van der Waals surface area contributed by atoms with Crippen molar-refractivity contribution in [1.29, 1.82) is 0 Å². The number of fused-ring (bicyclic) bond motifs is 1. The summed E-state index contributed by atoms with van der Waals surface area (Å²) in [5, 5.41) is 7.85. The van der Waals surface area contributed by atoms with Gasteiger partial charge in [-0.15, -0.1) is 0 Å². The third kappa shape index (κ3) is 3.42. The molecule has 0 spiro atoms. The van der Waals surface area contributed by atoms with Gasteiger partial charge < -0.3 is 20.4 Å². The van der Waals surface area contributed by atoms with E-state index in [1.165, 1.54) is 15.8 Å². The fourth-order valence-corrected chi connectivity index (χ4v) is 3.90. The van der Waals surface area contributed by atoms with Crippen molar-refractivity contribution in [2.24, 2.45) is 12.8 Å². The SMILES string of the molecule is CCc1cc(C(=O)N[C@@H]2C[C@@H](C(N)=O)N(C(=O)c3coc4ccccc34)C2)n(C)n1. The van der Waals surface area contributed by atoms with Crippen LogP contribution in [0.2, 0.25) is 0 Å². The lowest BCUT2D eigenvalue weighted by Crippen LogP contribution is -2.44. The van der Waals surface area contributed by atoms with Crippen LogP contribution in [0, 0.1) is 0 Å². The molecule has 2 atom stereocenters. The zero-order chi connectivity index (χ0) is 21.4. The number of furan rings is 1. The van der Waals surface area contributed by atoms with E-state index in [0.29, 0.717) is 22.2 Å². The van der Waals surface area contributed by atoms with Crippen LogP contribution in [0.3, 0.4) is 0 Å². The summed E-state index contributed by atoms with van der Waals surface area (Å²) in [5.74, 6) is -1.27. The van der Waals surface area contributed by atoms with Crippen molar-refractivity contribution in [3.8, 4) is 0 Å². The molecule has 0 radical (unpaired) electrons. The van der Waals surface area contributed by atoms with E-state index < -0.39 is 18.0 Å². The van der Waals surface area contributed by atoms with E-state index in [1.54, 1.807) is 25.2 Å². The first kappa shape index (κ1) is 19.7. The predicted octanol–water partition coefficient (Wildman–Crippen LogP) is 1.23. The van der Waals surface area contributed by atoms with Crippen LogP contribution in [0.15, 0.2) is 41.0 Å². The number of amides is 3. The summed E-state index contributed by atoms with van der Waals surface area (Å²) < 4.78 is 6.98. The standard InChI is InChI=1S/C21H23N5O4/c1-3-12-8-17(25(2)24-12)20(28)23-13-9-16(19(22)27)26(10-13)21(29)15-11-30-18-7-5-4-6-14(15)18/h4-8,11,13,16H,3,9-10H2,1-2H3,(H2,22,27)(H,23,28)/t13-,16+/m1/s1. The molecule has 30 heavy (non-hydrogen) atoms. The molecule has 9 nitrogen and oxygen atoms in total. The number of hydrogen-bond acceptors (Lipinski definition) is 5. The van der Waals surface area contributed by atoms with Crippen LogP contribution in [0.1, 0.15) is 39.9 Å². The molecule has 3 heterocycles. The highest BCUT2D eigenvalue weighted by atomic mass is 16.3. The highest BCUT2D eigenvalue weighted by Gasteiger charge is 2.40. The zero-order valence-corrected chi connectivity index (χ0v) is 16.8. The maximum Gasteiger partial charge on any atom is 0.269 e. The number of likely N-dealkylation sites (tertiary alicyclic amines) is 1. The second kappa shape index (κ2) is 7.66. The summed E-state index contributed by atoms with van der Waals surface area (Å²) >= 11 is 0. The molecule has 1 saturated heterocycles. The van der Waals surface area contributed by atoms with Crippen LogP contribution < -0.4 is 11.1 Å². The van der Waals surface area contributed by atoms with Gasteiger partial charge in [-0.1, -0.05) is 25.1 Å². The van der Waals surface area contributed by atoms with Crippen molar-refractivity contribution in [2.45, 2.75) is 31.8 Å². The van der Waals surface area contributed by atoms with Gasteiger partial charge in [-0.2, -0.15) is 5.10 Å². The van der Waals surface area contributed by atoms with E-state index in [0.717, 1.165) is 12.1 Å². The van der Waals surface area contributed by atoms with Gasteiger partial charge in [0, 0.05) is 25.0 Å². The van der Waals surface area contributed by atoms with Crippen molar-refractivity contribution in [1.82, 2.24) is 20.0 Å². The summed E-state index contributed by atoms with van der Waals surface area (Å²) in [5.41, 5.74) is 7.75. The predicted molar refractivity (Wildman–Crippen MR) is 109 cm³/mol.